The first-order chi connectivity index (χ1) is 19.7. The van der Waals surface area contributed by atoms with Crippen molar-refractivity contribution in [1.29, 1.82) is 0 Å². The molecule has 1 aliphatic carbocycles. The molecule has 3 heterocycles. The lowest BCUT2D eigenvalue weighted by Gasteiger charge is -2.33. The highest BCUT2D eigenvalue weighted by molar-refractivity contribution is 6.00. The molecule has 2 fully saturated rings. The van der Waals surface area contributed by atoms with E-state index in [1.54, 1.807) is 20.8 Å². The molecule has 4 rings (SSSR count). The largest absolute Gasteiger partial charge is 0.410 e. The average molecular weight is 601 g/mol. The highest BCUT2D eigenvalue weighted by Gasteiger charge is 2.49. The number of urea groups is 1. The van der Waals surface area contributed by atoms with Crippen LogP contribution in [0.15, 0.2) is 29.1 Å². The zero-order chi connectivity index (χ0) is 30.8. The summed E-state index contributed by atoms with van der Waals surface area (Å²) in [5.41, 5.74) is 0.924. The lowest BCUT2D eigenvalue weighted by atomic mass is 9.81. The third-order valence-corrected chi connectivity index (χ3v) is 7.72. The van der Waals surface area contributed by atoms with E-state index in [1.807, 2.05) is 5.32 Å². The van der Waals surface area contributed by atoms with Gasteiger partial charge in [0.2, 0.25) is 11.8 Å². The summed E-state index contributed by atoms with van der Waals surface area (Å²) >= 11 is 0. The predicted molar refractivity (Wildman–Crippen MR) is 140 cm³/mol. The van der Waals surface area contributed by atoms with Gasteiger partial charge in [-0.15, -0.1) is 0 Å². The Balaban J connectivity index is 1.56. The third-order valence-electron chi connectivity index (χ3n) is 7.72. The van der Waals surface area contributed by atoms with Crippen molar-refractivity contribution in [1.82, 2.24) is 25.7 Å². The van der Waals surface area contributed by atoms with Crippen molar-refractivity contribution in [3.63, 3.8) is 0 Å². The van der Waals surface area contributed by atoms with Gasteiger partial charge in [-0.05, 0) is 48.8 Å². The minimum atomic E-state index is -4.62. The second-order valence-electron chi connectivity index (χ2n) is 11.0. The molecule has 1 saturated carbocycles. The van der Waals surface area contributed by atoms with Crippen LogP contribution in [0.5, 0.6) is 0 Å². The first-order valence-electron chi connectivity index (χ1n) is 13.7. The quantitative estimate of drug-likeness (QED) is 0.353. The summed E-state index contributed by atoms with van der Waals surface area (Å²) in [5, 5.41) is 10.9. The van der Waals surface area contributed by atoms with Crippen LogP contribution in [0.1, 0.15) is 74.1 Å². The SMILES string of the molecule is CCc1conc1C(=O)N[C@H](C(=O)Nc1cc([C@@H](C(C)C)N2C[C@@H](C(F)(F)F)NC2=O)ccn1)C1CCC(F)(F)CC1. The highest BCUT2D eigenvalue weighted by Crippen LogP contribution is 2.38. The zero-order valence-corrected chi connectivity index (χ0v) is 23.3. The smallest absolute Gasteiger partial charge is 0.364 e. The van der Waals surface area contributed by atoms with E-state index in [0.29, 0.717) is 17.5 Å². The van der Waals surface area contributed by atoms with Gasteiger partial charge in [0.25, 0.3) is 5.91 Å². The Morgan fingerprint density at radius 1 is 1.24 bits per heavy atom. The number of alkyl halides is 5. The molecule has 42 heavy (non-hydrogen) atoms. The van der Waals surface area contributed by atoms with Gasteiger partial charge < -0.3 is 25.4 Å². The van der Waals surface area contributed by atoms with Crippen LogP contribution in [-0.4, -0.2) is 63.6 Å². The van der Waals surface area contributed by atoms with Gasteiger partial charge in [0.15, 0.2) is 5.69 Å². The fourth-order valence-electron chi connectivity index (χ4n) is 5.51. The molecule has 10 nitrogen and oxygen atoms in total. The standard InChI is InChI=1S/C27H33F5N6O4/c1-4-15-13-42-37-21(15)24(40)36-20(16-5-8-26(28,29)9-6-16)23(39)35-19-11-17(7-10-33-19)22(14(2)3)38-12-18(27(30,31)32)34-25(38)41/h7,10-11,13-14,16,18,20,22H,4-6,8-9,12H2,1-3H3,(H,34,41)(H,36,40)(H,33,35,39)/t18-,20-,22+/m0/s1. The molecule has 0 bridgehead atoms. The molecule has 0 radical (unpaired) electrons. The number of pyridine rings is 1. The van der Waals surface area contributed by atoms with Gasteiger partial charge >= 0.3 is 12.2 Å². The van der Waals surface area contributed by atoms with Gasteiger partial charge in [-0.1, -0.05) is 25.9 Å². The fraction of sp³-hybridized carbons (Fsp3) is 0.593. The van der Waals surface area contributed by atoms with Gasteiger partial charge in [0.05, 0.1) is 12.6 Å². The molecule has 230 valence electrons. The van der Waals surface area contributed by atoms with Crippen molar-refractivity contribution in [2.75, 3.05) is 11.9 Å². The van der Waals surface area contributed by atoms with Crippen LogP contribution in [0.2, 0.25) is 0 Å². The van der Waals surface area contributed by atoms with E-state index in [1.165, 1.54) is 24.6 Å². The maximum atomic E-state index is 13.9. The van der Waals surface area contributed by atoms with Crippen molar-refractivity contribution >= 4 is 23.7 Å². The van der Waals surface area contributed by atoms with E-state index in [9.17, 15) is 36.3 Å². The van der Waals surface area contributed by atoms with Crippen molar-refractivity contribution < 1.29 is 40.9 Å². The number of amides is 4. The molecule has 0 unspecified atom stereocenters. The Labute approximate surface area is 238 Å². The molecular weight excluding hydrogens is 567 g/mol. The second-order valence-corrected chi connectivity index (χ2v) is 11.0. The number of carbonyl (C=O) groups excluding carboxylic acids is 3. The average Bonchev–Trinajstić information content (AvgIpc) is 3.54. The number of carbonyl (C=O) groups is 3. The normalized spacial score (nSPS) is 20.7. The number of nitrogens with one attached hydrogen (secondary N) is 3. The molecule has 3 N–H and O–H groups in total. The Kier molecular flexibility index (Phi) is 9.06. The summed E-state index contributed by atoms with van der Waals surface area (Å²) in [6, 6.07) is -1.89. The van der Waals surface area contributed by atoms with E-state index in [4.69, 9.17) is 4.52 Å². The van der Waals surface area contributed by atoms with E-state index in [2.05, 4.69) is 20.8 Å². The molecule has 0 spiro atoms. The molecule has 1 aliphatic heterocycles. The molecule has 1 saturated heterocycles. The summed E-state index contributed by atoms with van der Waals surface area (Å²) in [7, 11) is 0. The molecule has 15 heteroatoms. The molecule has 0 aromatic carbocycles. The van der Waals surface area contributed by atoms with Crippen LogP contribution in [0.25, 0.3) is 0 Å². The van der Waals surface area contributed by atoms with Crippen LogP contribution >= 0.6 is 0 Å². The van der Waals surface area contributed by atoms with Crippen molar-refractivity contribution in [2.45, 2.75) is 83.1 Å². The number of aromatic nitrogens is 2. The first kappa shape index (κ1) is 31.2. The fourth-order valence-corrected chi connectivity index (χ4v) is 5.51. The Morgan fingerprint density at radius 2 is 1.93 bits per heavy atom. The molecule has 2 aromatic heterocycles. The van der Waals surface area contributed by atoms with Gasteiger partial charge in [-0.2, -0.15) is 13.2 Å². The summed E-state index contributed by atoms with van der Waals surface area (Å²) in [5.74, 6) is -5.16. The topological polar surface area (TPSA) is 129 Å². The second kappa shape index (κ2) is 12.2. The molecule has 3 atom stereocenters. The molecule has 2 aliphatic rings. The monoisotopic (exact) mass is 600 g/mol. The van der Waals surface area contributed by atoms with Crippen molar-refractivity contribution in [3.05, 3.63) is 41.4 Å². The van der Waals surface area contributed by atoms with Gasteiger partial charge in [-0.25, -0.2) is 18.6 Å². The van der Waals surface area contributed by atoms with Crippen LogP contribution < -0.4 is 16.0 Å². The van der Waals surface area contributed by atoms with Crippen LogP contribution in [-0.2, 0) is 11.2 Å². The van der Waals surface area contributed by atoms with E-state index in [-0.39, 0.29) is 30.3 Å². The zero-order valence-electron chi connectivity index (χ0n) is 23.3. The maximum Gasteiger partial charge on any atom is 0.410 e. The van der Waals surface area contributed by atoms with Crippen molar-refractivity contribution in [3.8, 4) is 0 Å². The number of hydrogen-bond acceptors (Lipinski definition) is 6. The van der Waals surface area contributed by atoms with Gasteiger partial charge in [0, 0.05) is 24.6 Å². The number of rotatable bonds is 9. The van der Waals surface area contributed by atoms with Crippen molar-refractivity contribution in [2.24, 2.45) is 11.8 Å². The number of aryl methyl sites for hydroxylation is 1. The number of hydrogen-bond donors (Lipinski definition) is 3. The van der Waals surface area contributed by atoms with E-state index >= 15 is 0 Å². The lowest BCUT2D eigenvalue weighted by molar-refractivity contribution is -0.150. The Hall–Kier alpha value is -3.78. The van der Waals surface area contributed by atoms with Gasteiger partial charge in [0.1, 0.15) is 24.2 Å². The number of anilines is 1. The predicted octanol–water partition coefficient (Wildman–Crippen LogP) is 4.85. The van der Waals surface area contributed by atoms with E-state index < -0.39 is 73.4 Å². The first-order valence-corrected chi connectivity index (χ1v) is 13.7. The molecule has 4 amide bonds. The minimum Gasteiger partial charge on any atom is -0.364 e. The summed E-state index contributed by atoms with van der Waals surface area (Å²) in [6.45, 7) is 4.69. The van der Waals surface area contributed by atoms with E-state index in [0.717, 1.165) is 4.90 Å². The Bertz CT molecular complexity index is 1290. The summed E-state index contributed by atoms with van der Waals surface area (Å²) in [4.78, 5) is 44.3. The lowest BCUT2D eigenvalue weighted by Crippen LogP contribution is -2.50. The van der Waals surface area contributed by atoms with Crippen LogP contribution in [0.4, 0.5) is 32.6 Å². The Morgan fingerprint density at radius 3 is 2.52 bits per heavy atom. The highest BCUT2D eigenvalue weighted by atomic mass is 19.4. The van der Waals surface area contributed by atoms with Gasteiger partial charge in [-0.3, -0.25) is 9.59 Å². The maximum absolute atomic E-state index is 13.9. The minimum absolute atomic E-state index is 0.0157. The number of halogens is 5. The number of nitrogens with zero attached hydrogens (tertiary/aromatic N) is 3. The summed E-state index contributed by atoms with van der Waals surface area (Å²) in [6.07, 6.45) is -2.45. The van der Waals surface area contributed by atoms with Crippen LogP contribution in [0, 0.1) is 11.8 Å². The molecule has 2 aromatic rings. The summed E-state index contributed by atoms with van der Waals surface area (Å²) < 4.78 is 72.6. The molecular formula is C27H33F5N6O4. The van der Waals surface area contributed by atoms with Crippen LogP contribution in [0.3, 0.4) is 0 Å². The third kappa shape index (κ3) is 6.98.